The smallest absolute Gasteiger partial charge is 0.0772 e. The van der Waals surface area contributed by atoms with E-state index in [4.69, 9.17) is 5.73 Å². The Kier molecular flexibility index (Phi) is 2.96. The number of piperazine rings is 1. The molecule has 0 atom stereocenters. The Morgan fingerprint density at radius 3 is 2.93 bits per heavy atom. The average Bonchev–Trinajstić information content (AvgIpc) is 2.23. The summed E-state index contributed by atoms with van der Waals surface area (Å²) in [5, 5.41) is 3.32. The molecule has 1 aliphatic heterocycles. The fourth-order valence-electron chi connectivity index (χ4n) is 1.66. The van der Waals surface area contributed by atoms with E-state index >= 15 is 0 Å². The number of hydrogen-bond acceptors (Lipinski definition) is 4. The van der Waals surface area contributed by atoms with Gasteiger partial charge in [-0.05, 0) is 12.1 Å². The molecule has 2 rings (SSSR count). The van der Waals surface area contributed by atoms with Crippen molar-refractivity contribution >= 4 is 5.69 Å². The maximum absolute atomic E-state index is 5.83. The highest BCUT2D eigenvalue weighted by atomic mass is 15.2. The average molecular weight is 192 g/mol. The molecule has 0 radical (unpaired) electrons. The molecule has 0 unspecified atom stereocenters. The molecule has 3 N–H and O–H groups in total. The predicted molar refractivity (Wildman–Crippen MR) is 56.8 cm³/mol. The van der Waals surface area contributed by atoms with Crippen LogP contribution < -0.4 is 11.1 Å². The van der Waals surface area contributed by atoms with Gasteiger partial charge in [0.2, 0.25) is 0 Å². The van der Waals surface area contributed by atoms with E-state index in [1.54, 1.807) is 6.20 Å². The van der Waals surface area contributed by atoms with Gasteiger partial charge in [0.1, 0.15) is 0 Å². The van der Waals surface area contributed by atoms with Gasteiger partial charge in [-0.25, -0.2) is 0 Å². The Morgan fingerprint density at radius 1 is 1.43 bits per heavy atom. The van der Waals surface area contributed by atoms with Gasteiger partial charge in [-0.2, -0.15) is 0 Å². The first kappa shape index (κ1) is 9.43. The summed E-state index contributed by atoms with van der Waals surface area (Å²) in [6.45, 7) is 5.15. The minimum absolute atomic E-state index is 0.797. The molecule has 14 heavy (non-hydrogen) atoms. The van der Waals surface area contributed by atoms with Crippen molar-refractivity contribution in [3.8, 4) is 0 Å². The van der Waals surface area contributed by atoms with Gasteiger partial charge < -0.3 is 11.1 Å². The normalized spacial score (nSPS) is 18.3. The van der Waals surface area contributed by atoms with Crippen LogP contribution >= 0.6 is 0 Å². The SMILES string of the molecule is Nc1cccnc1CN1CCNCC1. The lowest BCUT2D eigenvalue weighted by Gasteiger charge is -2.27. The number of nitrogen functional groups attached to an aromatic ring is 1. The number of pyridine rings is 1. The molecule has 2 heterocycles. The van der Waals surface area contributed by atoms with Gasteiger partial charge in [-0.15, -0.1) is 0 Å². The molecule has 1 aliphatic rings. The summed E-state index contributed by atoms with van der Waals surface area (Å²) in [6, 6.07) is 3.78. The molecule has 76 valence electrons. The van der Waals surface area contributed by atoms with Gasteiger partial charge in [0, 0.05) is 38.9 Å². The van der Waals surface area contributed by atoms with E-state index in [1.165, 1.54) is 0 Å². The highest BCUT2D eigenvalue weighted by molar-refractivity contribution is 5.41. The molecule has 0 spiro atoms. The zero-order chi connectivity index (χ0) is 9.80. The first-order valence-electron chi connectivity index (χ1n) is 4.99. The van der Waals surface area contributed by atoms with Crippen molar-refractivity contribution < 1.29 is 0 Å². The minimum Gasteiger partial charge on any atom is -0.397 e. The van der Waals surface area contributed by atoms with E-state index in [-0.39, 0.29) is 0 Å². The third-order valence-electron chi connectivity index (χ3n) is 2.51. The molecule has 0 aromatic carbocycles. The first-order valence-corrected chi connectivity index (χ1v) is 4.99. The van der Waals surface area contributed by atoms with E-state index in [0.29, 0.717) is 0 Å². The van der Waals surface area contributed by atoms with E-state index in [0.717, 1.165) is 44.1 Å². The number of aromatic nitrogens is 1. The van der Waals surface area contributed by atoms with Crippen LogP contribution in [0.1, 0.15) is 5.69 Å². The summed E-state index contributed by atoms with van der Waals surface area (Å²) in [4.78, 5) is 6.66. The Balaban J connectivity index is 1.99. The van der Waals surface area contributed by atoms with Crippen LogP contribution in [0.15, 0.2) is 18.3 Å². The van der Waals surface area contributed by atoms with Crippen molar-refractivity contribution in [1.82, 2.24) is 15.2 Å². The second-order valence-corrected chi connectivity index (χ2v) is 3.57. The maximum Gasteiger partial charge on any atom is 0.0772 e. The van der Waals surface area contributed by atoms with Gasteiger partial charge >= 0.3 is 0 Å². The fraction of sp³-hybridized carbons (Fsp3) is 0.500. The van der Waals surface area contributed by atoms with Crippen LogP contribution in [0.25, 0.3) is 0 Å². The second kappa shape index (κ2) is 4.39. The van der Waals surface area contributed by atoms with Gasteiger partial charge in [0.25, 0.3) is 0 Å². The van der Waals surface area contributed by atoms with Gasteiger partial charge in [-0.1, -0.05) is 0 Å². The lowest BCUT2D eigenvalue weighted by Crippen LogP contribution is -2.43. The summed E-state index contributed by atoms with van der Waals surface area (Å²) in [5.74, 6) is 0. The van der Waals surface area contributed by atoms with E-state index < -0.39 is 0 Å². The van der Waals surface area contributed by atoms with Crippen LogP contribution in [-0.2, 0) is 6.54 Å². The summed E-state index contributed by atoms with van der Waals surface area (Å²) < 4.78 is 0. The summed E-state index contributed by atoms with van der Waals surface area (Å²) in [5.41, 5.74) is 7.62. The molecular weight excluding hydrogens is 176 g/mol. The van der Waals surface area contributed by atoms with Crippen molar-refractivity contribution in [2.24, 2.45) is 0 Å². The zero-order valence-electron chi connectivity index (χ0n) is 8.24. The molecule has 4 nitrogen and oxygen atoms in total. The number of nitrogens with one attached hydrogen (secondary N) is 1. The maximum atomic E-state index is 5.83. The molecule has 0 aliphatic carbocycles. The Morgan fingerprint density at radius 2 is 2.21 bits per heavy atom. The highest BCUT2D eigenvalue weighted by Gasteiger charge is 2.11. The minimum atomic E-state index is 0.797. The van der Waals surface area contributed by atoms with Crippen LogP contribution in [0, 0.1) is 0 Å². The molecule has 0 bridgehead atoms. The number of anilines is 1. The molecular formula is C10H16N4. The second-order valence-electron chi connectivity index (χ2n) is 3.57. The number of nitrogens with zero attached hydrogens (tertiary/aromatic N) is 2. The van der Waals surface area contributed by atoms with Crippen LogP contribution in [-0.4, -0.2) is 36.1 Å². The number of hydrogen-bond donors (Lipinski definition) is 2. The van der Waals surface area contributed by atoms with E-state index in [1.807, 2.05) is 12.1 Å². The fourth-order valence-corrected chi connectivity index (χ4v) is 1.66. The van der Waals surface area contributed by atoms with Crippen LogP contribution in [0.2, 0.25) is 0 Å². The summed E-state index contributed by atoms with van der Waals surface area (Å²) in [6.07, 6.45) is 1.80. The zero-order valence-corrected chi connectivity index (χ0v) is 8.24. The molecule has 1 fully saturated rings. The lowest BCUT2D eigenvalue weighted by atomic mass is 10.2. The quantitative estimate of drug-likeness (QED) is 0.696. The standard InChI is InChI=1S/C10H16N4/c11-9-2-1-3-13-10(9)8-14-6-4-12-5-7-14/h1-3,12H,4-8,11H2. The third kappa shape index (κ3) is 2.21. The first-order chi connectivity index (χ1) is 6.86. The van der Waals surface area contributed by atoms with Crippen molar-refractivity contribution in [1.29, 1.82) is 0 Å². The number of rotatable bonds is 2. The van der Waals surface area contributed by atoms with Crippen molar-refractivity contribution in [2.75, 3.05) is 31.9 Å². The third-order valence-corrected chi connectivity index (χ3v) is 2.51. The largest absolute Gasteiger partial charge is 0.397 e. The summed E-state index contributed by atoms with van der Waals surface area (Å²) >= 11 is 0. The van der Waals surface area contributed by atoms with Gasteiger partial charge in [0.05, 0.1) is 11.4 Å². The lowest BCUT2D eigenvalue weighted by molar-refractivity contribution is 0.231. The van der Waals surface area contributed by atoms with E-state index in [9.17, 15) is 0 Å². The van der Waals surface area contributed by atoms with Crippen molar-refractivity contribution in [2.45, 2.75) is 6.54 Å². The predicted octanol–water partition coefficient (Wildman–Crippen LogP) is 0.0690. The topological polar surface area (TPSA) is 54.2 Å². The van der Waals surface area contributed by atoms with Gasteiger partial charge in [-0.3, -0.25) is 9.88 Å². The van der Waals surface area contributed by atoms with Crippen LogP contribution in [0.5, 0.6) is 0 Å². The molecule has 0 saturated carbocycles. The number of nitrogens with two attached hydrogens (primary N) is 1. The van der Waals surface area contributed by atoms with Crippen LogP contribution in [0.3, 0.4) is 0 Å². The highest BCUT2D eigenvalue weighted by Crippen LogP contribution is 2.10. The Bertz CT molecular complexity index is 294. The van der Waals surface area contributed by atoms with Crippen molar-refractivity contribution in [3.63, 3.8) is 0 Å². The Hall–Kier alpha value is -1.13. The molecule has 1 saturated heterocycles. The summed E-state index contributed by atoms with van der Waals surface area (Å²) in [7, 11) is 0. The van der Waals surface area contributed by atoms with Crippen molar-refractivity contribution in [3.05, 3.63) is 24.0 Å². The molecule has 0 amide bonds. The monoisotopic (exact) mass is 192 g/mol. The molecule has 4 heteroatoms. The van der Waals surface area contributed by atoms with Crippen LogP contribution in [0.4, 0.5) is 5.69 Å². The Labute approximate surface area is 84.1 Å². The van der Waals surface area contributed by atoms with Gasteiger partial charge in [0.15, 0.2) is 0 Å². The molecule has 1 aromatic heterocycles. The van der Waals surface area contributed by atoms with E-state index in [2.05, 4.69) is 15.2 Å². The molecule has 1 aromatic rings.